The van der Waals surface area contributed by atoms with Crippen LogP contribution in [0.4, 0.5) is 0 Å². The van der Waals surface area contributed by atoms with Crippen LogP contribution in [0.15, 0.2) is 12.4 Å². The minimum atomic E-state index is 0.160. The molecule has 2 N–H and O–H groups in total. The first-order valence-corrected chi connectivity index (χ1v) is 4.52. The molecule has 1 fully saturated rings. The largest absolute Gasteiger partial charge is 0.372 e. The van der Waals surface area contributed by atoms with Gasteiger partial charge in [0, 0.05) is 13.2 Å². The van der Waals surface area contributed by atoms with Crippen molar-refractivity contribution >= 4 is 0 Å². The van der Waals surface area contributed by atoms with Crippen LogP contribution in [0.25, 0.3) is 0 Å². The standard InChI is InChI=1S/C9H13N3O/c10-5-7-4-8(12-6-11-7)9-2-1-3-13-9/h4,6,9H,1-3,5,10H2. The molecule has 1 saturated heterocycles. The van der Waals surface area contributed by atoms with Gasteiger partial charge in [0.05, 0.1) is 17.5 Å². The van der Waals surface area contributed by atoms with E-state index in [0.29, 0.717) is 6.54 Å². The monoisotopic (exact) mass is 179 g/mol. The summed E-state index contributed by atoms with van der Waals surface area (Å²) in [4.78, 5) is 8.22. The normalized spacial score (nSPS) is 22.1. The summed E-state index contributed by atoms with van der Waals surface area (Å²) in [6.07, 6.45) is 3.89. The Bertz CT molecular complexity index is 284. The van der Waals surface area contributed by atoms with Crippen molar-refractivity contribution in [3.05, 3.63) is 23.8 Å². The molecule has 1 unspecified atom stereocenters. The van der Waals surface area contributed by atoms with Gasteiger partial charge in [0.1, 0.15) is 6.33 Å². The van der Waals surface area contributed by atoms with Crippen molar-refractivity contribution in [3.63, 3.8) is 0 Å². The van der Waals surface area contributed by atoms with E-state index in [4.69, 9.17) is 10.5 Å². The summed E-state index contributed by atoms with van der Waals surface area (Å²) in [5.41, 5.74) is 7.33. The molecule has 4 heteroatoms. The Hall–Kier alpha value is -1.00. The van der Waals surface area contributed by atoms with E-state index in [1.54, 1.807) is 6.33 Å². The third kappa shape index (κ3) is 1.84. The summed E-state index contributed by atoms with van der Waals surface area (Å²) in [5, 5.41) is 0. The second kappa shape index (κ2) is 3.81. The summed E-state index contributed by atoms with van der Waals surface area (Å²) in [6.45, 7) is 1.30. The van der Waals surface area contributed by atoms with Gasteiger partial charge in [-0.15, -0.1) is 0 Å². The molecule has 1 aromatic rings. The number of ether oxygens (including phenoxy) is 1. The molecule has 1 aliphatic heterocycles. The van der Waals surface area contributed by atoms with Crippen LogP contribution in [-0.2, 0) is 11.3 Å². The first-order chi connectivity index (χ1) is 6.40. The summed E-state index contributed by atoms with van der Waals surface area (Å²) in [5.74, 6) is 0. The second-order valence-electron chi connectivity index (χ2n) is 3.14. The van der Waals surface area contributed by atoms with Gasteiger partial charge in [0.25, 0.3) is 0 Å². The number of hydrogen-bond donors (Lipinski definition) is 1. The van der Waals surface area contributed by atoms with Gasteiger partial charge in [-0.1, -0.05) is 0 Å². The SMILES string of the molecule is NCc1cc(C2CCCO2)ncn1. The van der Waals surface area contributed by atoms with Gasteiger partial charge in [-0.25, -0.2) is 9.97 Å². The molecule has 0 amide bonds. The smallest absolute Gasteiger partial charge is 0.116 e. The Morgan fingerprint density at radius 2 is 2.46 bits per heavy atom. The third-order valence-electron chi connectivity index (χ3n) is 2.21. The zero-order valence-electron chi connectivity index (χ0n) is 7.44. The predicted molar refractivity (Wildman–Crippen MR) is 47.9 cm³/mol. The Kier molecular flexibility index (Phi) is 2.52. The molecule has 2 rings (SSSR count). The molecule has 0 spiro atoms. The van der Waals surface area contributed by atoms with Gasteiger partial charge in [0.2, 0.25) is 0 Å². The van der Waals surface area contributed by atoms with Crippen molar-refractivity contribution < 1.29 is 4.74 Å². The number of rotatable bonds is 2. The van der Waals surface area contributed by atoms with Crippen LogP contribution < -0.4 is 5.73 Å². The zero-order chi connectivity index (χ0) is 9.10. The Balaban J connectivity index is 2.18. The van der Waals surface area contributed by atoms with Crippen molar-refractivity contribution in [2.24, 2.45) is 5.73 Å². The highest BCUT2D eigenvalue weighted by Crippen LogP contribution is 2.26. The van der Waals surface area contributed by atoms with Crippen LogP contribution in [-0.4, -0.2) is 16.6 Å². The van der Waals surface area contributed by atoms with Crippen molar-refractivity contribution in [1.29, 1.82) is 0 Å². The average molecular weight is 179 g/mol. The Morgan fingerprint density at radius 3 is 3.15 bits per heavy atom. The lowest BCUT2D eigenvalue weighted by Gasteiger charge is -2.08. The molecule has 1 aliphatic rings. The van der Waals surface area contributed by atoms with Crippen molar-refractivity contribution in [2.45, 2.75) is 25.5 Å². The molecule has 0 aliphatic carbocycles. The molecule has 2 heterocycles. The fourth-order valence-electron chi connectivity index (χ4n) is 1.51. The van der Waals surface area contributed by atoms with Crippen molar-refractivity contribution in [1.82, 2.24) is 9.97 Å². The van der Waals surface area contributed by atoms with E-state index in [9.17, 15) is 0 Å². The molecule has 4 nitrogen and oxygen atoms in total. The Morgan fingerprint density at radius 1 is 1.54 bits per heavy atom. The fraction of sp³-hybridized carbons (Fsp3) is 0.556. The average Bonchev–Trinajstić information content (AvgIpc) is 2.71. The van der Waals surface area contributed by atoms with Gasteiger partial charge in [-0.2, -0.15) is 0 Å². The van der Waals surface area contributed by atoms with E-state index in [-0.39, 0.29) is 6.10 Å². The topological polar surface area (TPSA) is 61.0 Å². The maximum atomic E-state index is 5.51. The lowest BCUT2D eigenvalue weighted by atomic mass is 10.1. The third-order valence-corrected chi connectivity index (χ3v) is 2.21. The van der Waals surface area contributed by atoms with E-state index < -0.39 is 0 Å². The highest BCUT2D eigenvalue weighted by molar-refractivity contribution is 5.11. The minimum Gasteiger partial charge on any atom is -0.372 e. The molecular formula is C9H13N3O. The van der Waals surface area contributed by atoms with E-state index in [1.807, 2.05) is 6.07 Å². The zero-order valence-corrected chi connectivity index (χ0v) is 7.44. The molecular weight excluding hydrogens is 166 g/mol. The van der Waals surface area contributed by atoms with E-state index >= 15 is 0 Å². The van der Waals surface area contributed by atoms with Crippen LogP contribution >= 0.6 is 0 Å². The van der Waals surface area contributed by atoms with Gasteiger partial charge < -0.3 is 10.5 Å². The summed E-state index contributed by atoms with van der Waals surface area (Å²) < 4.78 is 5.51. The summed E-state index contributed by atoms with van der Waals surface area (Å²) in [6, 6.07) is 1.93. The highest BCUT2D eigenvalue weighted by Gasteiger charge is 2.18. The molecule has 1 atom stereocenters. The molecule has 0 saturated carbocycles. The number of hydrogen-bond acceptors (Lipinski definition) is 4. The Labute approximate surface area is 77.1 Å². The maximum absolute atomic E-state index is 5.51. The molecule has 13 heavy (non-hydrogen) atoms. The van der Waals surface area contributed by atoms with E-state index in [2.05, 4.69) is 9.97 Å². The number of aromatic nitrogens is 2. The van der Waals surface area contributed by atoms with Crippen molar-refractivity contribution in [3.8, 4) is 0 Å². The van der Waals surface area contributed by atoms with Gasteiger partial charge in [0.15, 0.2) is 0 Å². The van der Waals surface area contributed by atoms with Crippen LogP contribution in [0.1, 0.15) is 30.3 Å². The number of nitrogens with two attached hydrogens (primary N) is 1. The van der Waals surface area contributed by atoms with Gasteiger partial charge in [-0.05, 0) is 18.9 Å². The lowest BCUT2D eigenvalue weighted by Crippen LogP contribution is -2.05. The minimum absolute atomic E-state index is 0.160. The van der Waals surface area contributed by atoms with Crippen molar-refractivity contribution in [2.75, 3.05) is 6.61 Å². The van der Waals surface area contributed by atoms with E-state index in [0.717, 1.165) is 30.8 Å². The fourth-order valence-corrected chi connectivity index (χ4v) is 1.51. The quantitative estimate of drug-likeness (QED) is 0.729. The maximum Gasteiger partial charge on any atom is 0.116 e. The lowest BCUT2D eigenvalue weighted by molar-refractivity contribution is 0.108. The summed E-state index contributed by atoms with van der Waals surface area (Å²) in [7, 11) is 0. The van der Waals surface area contributed by atoms with Crippen LogP contribution in [0.3, 0.4) is 0 Å². The predicted octanol–water partition coefficient (Wildman–Crippen LogP) is 0.787. The van der Waals surface area contributed by atoms with Crippen LogP contribution in [0.5, 0.6) is 0 Å². The molecule has 0 radical (unpaired) electrons. The first-order valence-electron chi connectivity index (χ1n) is 4.52. The highest BCUT2D eigenvalue weighted by atomic mass is 16.5. The van der Waals surface area contributed by atoms with Crippen LogP contribution in [0.2, 0.25) is 0 Å². The number of nitrogens with zero attached hydrogens (tertiary/aromatic N) is 2. The first kappa shape index (κ1) is 8.59. The molecule has 0 bridgehead atoms. The molecule has 0 aromatic carbocycles. The second-order valence-corrected chi connectivity index (χ2v) is 3.14. The molecule has 70 valence electrons. The van der Waals surface area contributed by atoms with Gasteiger partial charge in [-0.3, -0.25) is 0 Å². The van der Waals surface area contributed by atoms with E-state index in [1.165, 1.54) is 0 Å². The summed E-state index contributed by atoms with van der Waals surface area (Å²) >= 11 is 0. The van der Waals surface area contributed by atoms with Gasteiger partial charge >= 0.3 is 0 Å². The van der Waals surface area contributed by atoms with Crippen LogP contribution in [0, 0.1) is 0 Å². The molecule has 1 aromatic heterocycles.